The van der Waals surface area contributed by atoms with E-state index < -0.39 is 0 Å². The van der Waals surface area contributed by atoms with Gasteiger partial charge in [0.25, 0.3) is 5.91 Å². The summed E-state index contributed by atoms with van der Waals surface area (Å²) in [6, 6.07) is 11.0. The lowest BCUT2D eigenvalue weighted by Crippen LogP contribution is -2.29. The molecular formula is C21H23N5O2S. The number of nitrogens with zero attached hydrogens (tertiary/aromatic N) is 3. The third kappa shape index (κ3) is 4.23. The topological polar surface area (TPSA) is 79.4 Å². The summed E-state index contributed by atoms with van der Waals surface area (Å²) in [6.07, 6.45) is 2.57. The average Bonchev–Trinajstić information content (AvgIpc) is 3.15. The van der Waals surface area contributed by atoms with Crippen LogP contribution in [-0.4, -0.2) is 41.0 Å². The van der Waals surface area contributed by atoms with E-state index in [0.29, 0.717) is 22.3 Å². The largest absolute Gasteiger partial charge is 0.495 e. The molecule has 0 atom stereocenters. The van der Waals surface area contributed by atoms with Crippen molar-refractivity contribution in [2.75, 3.05) is 30.8 Å². The van der Waals surface area contributed by atoms with Crippen molar-refractivity contribution in [3.8, 4) is 5.75 Å². The molecule has 3 aromatic rings. The Hall–Kier alpha value is -2.97. The molecule has 0 radical (unpaired) electrons. The van der Waals surface area contributed by atoms with Gasteiger partial charge >= 0.3 is 0 Å². The van der Waals surface area contributed by atoms with Crippen molar-refractivity contribution in [3.05, 3.63) is 58.7 Å². The minimum Gasteiger partial charge on any atom is -0.495 e. The first-order chi connectivity index (χ1) is 14.2. The van der Waals surface area contributed by atoms with Crippen molar-refractivity contribution in [2.45, 2.75) is 19.9 Å². The molecule has 0 fully saturated rings. The molecule has 0 spiro atoms. The summed E-state index contributed by atoms with van der Waals surface area (Å²) in [5.74, 6) is 0.902. The fraction of sp³-hybridized carbons (Fsp3) is 0.286. The van der Waals surface area contributed by atoms with Crippen LogP contribution in [0.4, 0.5) is 16.6 Å². The summed E-state index contributed by atoms with van der Waals surface area (Å²) in [5.41, 5.74) is 2.28. The number of benzene rings is 1. The molecule has 0 bridgehead atoms. The van der Waals surface area contributed by atoms with Crippen LogP contribution in [-0.2, 0) is 13.0 Å². The molecule has 1 aromatic carbocycles. The molecule has 0 aliphatic carbocycles. The standard InChI is InChI=1S/C21H23N5O2S/c1-3-26-12-10-16-18(13-26)29-21(24-16)25-20(27)14-7-6-11-22-19(14)23-15-8-4-5-9-17(15)28-2/h4-9,11H,3,10,12-13H2,1-2H3,(H,22,23)(H,24,25,27). The van der Waals surface area contributed by atoms with Crippen LogP contribution < -0.4 is 15.4 Å². The van der Waals surface area contributed by atoms with Crippen LogP contribution in [0.2, 0.25) is 0 Å². The van der Waals surface area contributed by atoms with Gasteiger partial charge in [0.2, 0.25) is 0 Å². The number of likely N-dealkylation sites (N-methyl/N-ethyl adjacent to an activating group) is 1. The number of carbonyl (C=O) groups is 1. The first kappa shape index (κ1) is 19.4. The quantitative estimate of drug-likeness (QED) is 0.642. The van der Waals surface area contributed by atoms with E-state index in [0.717, 1.165) is 37.4 Å². The number of fused-ring (bicyclic) bond motifs is 1. The summed E-state index contributed by atoms with van der Waals surface area (Å²) in [7, 11) is 1.61. The molecule has 7 nitrogen and oxygen atoms in total. The molecule has 1 aliphatic rings. The lowest BCUT2D eigenvalue weighted by molar-refractivity contribution is 0.102. The summed E-state index contributed by atoms with van der Waals surface area (Å²) in [6.45, 7) is 5.09. The second-order valence-electron chi connectivity index (χ2n) is 6.69. The summed E-state index contributed by atoms with van der Waals surface area (Å²) < 4.78 is 5.37. The molecule has 2 aromatic heterocycles. The minimum absolute atomic E-state index is 0.242. The van der Waals surface area contributed by atoms with E-state index in [1.807, 2.05) is 24.3 Å². The second-order valence-corrected chi connectivity index (χ2v) is 7.77. The Balaban J connectivity index is 1.54. The average molecular weight is 410 g/mol. The van der Waals surface area contributed by atoms with E-state index in [-0.39, 0.29) is 5.91 Å². The first-order valence-electron chi connectivity index (χ1n) is 9.55. The van der Waals surface area contributed by atoms with Gasteiger partial charge in [-0.05, 0) is 30.8 Å². The Morgan fingerprint density at radius 1 is 1.28 bits per heavy atom. The number of pyridine rings is 1. The van der Waals surface area contributed by atoms with Gasteiger partial charge in [-0.1, -0.05) is 19.1 Å². The zero-order valence-corrected chi connectivity index (χ0v) is 17.3. The van der Waals surface area contributed by atoms with Gasteiger partial charge in [-0.15, -0.1) is 11.3 Å². The van der Waals surface area contributed by atoms with Crippen LogP contribution in [0.25, 0.3) is 0 Å². The van der Waals surface area contributed by atoms with Gasteiger partial charge in [0, 0.05) is 30.6 Å². The molecule has 3 heterocycles. The van der Waals surface area contributed by atoms with E-state index in [9.17, 15) is 4.79 Å². The van der Waals surface area contributed by atoms with Crippen molar-refractivity contribution in [1.29, 1.82) is 0 Å². The van der Waals surface area contributed by atoms with Crippen molar-refractivity contribution in [2.24, 2.45) is 0 Å². The number of para-hydroxylation sites is 2. The predicted octanol–water partition coefficient (Wildman–Crippen LogP) is 3.92. The number of rotatable bonds is 6. The third-order valence-corrected chi connectivity index (χ3v) is 5.89. The van der Waals surface area contributed by atoms with E-state index in [2.05, 4.69) is 32.4 Å². The maximum Gasteiger partial charge on any atom is 0.261 e. The number of carbonyl (C=O) groups excluding carboxylic acids is 1. The van der Waals surface area contributed by atoms with Gasteiger partial charge in [0.05, 0.1) is 24.1 Å². The fourth-order valence-electron chi connectivity index (χ4n) is 3.30. The number of methoxy groups -OCH3 is 1. The van der Waals surface area contributed by atoms with Gasteiger partial charge < -0.3 is 10.1 Å². The molecule has 8 heteroatoms. The van der Waals surface area contributed by atoms with Gasteiger partial charge in [0.1, 0.15) is 11.6 Å². The van der Waals surface area contributed by atoms with Crippen molar-refractivity contribution in [3.63, 3.8) is 0 Å². The monoisotopic (exact) mass is 409 g/mol. The Kier molecular flexibility index (Phi) is 5.73. The maximum absolute atomic E-state index is 12.9. The lowest BCUT2D eigenvalue weighted by Gasteiger charge is -2.23. The second kappa shape index (κ2) is 8.59. The van der Waals surface area contributed by atoms with Crippen LogP contribution in [0.1, 0.15) is 27.9 Å². The van der Waals surface area contributed by atoms with E-state index in [1.165, 1.54) is 4.88 Å². The minimum atomic E-state index is -0.242. The smallest absolute Gasteiger partial charge is 0.261 e. The zero-order valence-electron chi connectivity index (χ0n) is 16.4. The number of hydrogen-bond donors (Lipinski definition) is 2. The SMILES string of the molecule is CCN1CCc2nc(NC(=O)c3cccnc3Nc3ccccc3OC)sc2C1. The molecule has 1 amide bonds. The van der Waals surface area contributed by atoms with Crippen LogP contribution in [0.15, 0.2) is 42.6 Å². The number of anilines is 3. The Labute approximate surface area is 173 Å². The summed E-state index contributed by atoms with van der Waals surface area (Å²) in [4.78, 5) is 25.5. The number of aromatic nitrogens is 2. The predicted molar refractivity (Wildman–Crippen MR) is 115 cm³/mol. The highest BCUT2D eigenvalue weighted by atomic mass is 32.1. The molecule has 0 saturated heterocycles. The molecule has 1 aliphatic heterocycles. The Morgan fingerprint density at radius 3 is 2.97 bits per heavy atom. The highest BCUT2D eigenvalue weighted by Gasteiger charge is 2.21. The fourth-order valence-corrected chi connectivity index (χ4v) is 4.35. The van der Waals surface area contributed by atoms with Gasteiger partial charge in [-0.3, -0.25) is 15.0 Å². The lowest BCUT2D eigenvalue weighted by atomic mass is 10.2. The van der Waals surface area contributed by atoms with Crippen LogP contribution >= 0.6 is 11.3 Å². The molecule has 4 rings (SSSR count). The van der Waals surface area contributed by atoms with Gasteiger partial charge in [-0.25, -0.2) is 9.97 Å². The highest BCUT2D eigenvalue weighted by molar-refractivity contribution is 7.15. The molecule has 0 saturated carbocycles. The Morgan fingerprint density at radius 2 is 2.14 bits per heavy atom. The summed E-state index contributed by atoms with van der Waals surface area (Å²) >= 11 is 1.55. The molecule has 29 heavy (non-hydrogen) atoms. The first-order valence-corrected chi connectivity index (χ1v) is 10.4. The van der Waals surface area contributed by atoms with E-state index in [4.69, 9.17) is 4.74 Å². The number of hydrogen-bond acceptors (Lipinski definition) is 7. The normalized spacial score (nSPS) is 13.6. The molecule has 150 valence electrons. The number of thiazole rings is 1. The third-order valence-electron chi connectivity index (χ3n) is 4.89. The van der Waals surface area contributed by atoms with Gasteiger partial charge in [-0.2, -0.15) is 0 Å². The summed E-state index contributed by atoms with van der Waals surface area (Å²) in [5, 5.41) is 6.77. The molecular weight excluding hydrogens is 386 g/mol. The van der Waals surface area contributed by atoms with Gasteiger partial charge in [0.15, 0.2) is 5.13 Å². The number of ether oxygens (including phenoxy) is 1. The van der Waals surface area contributed by atoms with E-state index >= 15 is 0 Å². The van der Waals surface area contributed by atoms with Crippen LogP contribution in [0.5, 0.6) is 5.75 Å². The van der Waals surface area contributed by atoms with Crippen LogP contribution in [0.3, 0.4) is 0 Å². The Bertz CT molecular complexity index is 1020. The van der Waals surface area contributed by atoms with Crippen LogP contribution in [0, 0.1) is 0 Å². The highest BCUT2D eigenvalue weighted by Crippen LogP contribution is 2.30. The molecule has 0 unspecified atom stereocenters. The maximum atomic E-state index is 12.9. The van der Waals surface area contributed by atoms with Crippen molar-refractivity contribution in [1.82, 2.24) is 14.9 Å². The zero-order chi connectivity index (χ0) is 20.2. The molecule has 2 N–H and O–H groups in total. The number of amides is 1. The van der Waals surface area contributed by atoms with Crippen molar-refractivity contribution >= 4 is 33.9 Å². The van der Waals surface area contributed by atoms with E-state index in [1.54, 1.807) is 36.8 Å². The van der Waals surface area contributed by atoms with Crippen molar-refractivity contribution < 1.29 is 9.53 Å². The number of nitrogens with one attached hydrogen (secondary N) is 2.